The van der Waals surface area contributed by atoms with Crippen LogP contribution < -0.4 is 15.0 Å². The van der Waals surface area contributed by atoms with Crippen LogP contribution in [0, 0.1) is 5.92 Å². The van der Waals surface area contributed by atoms with Crippen LogP contribution in [0.3, 0.4) is 0 Å². The summed E-state index contributed by atoms with van der Waals surface area (Å²) in [5, 5.41) is 13.3. The average molecular weight is 744 g/mol. The van der Waals surface area contributed by atoms with Gasteiger partial charge in [-0.1, -0.05) is 80.6 Å². The number of rotatable bonds is 14. The van der Waals surface area contributed by atoms with Crippen molar-refractivity contribution >= 4 is 40.3 Å². The molecule has 4 aromatic carbocycles. The molecule has 0 saturated carbocycles. The molecule has 3 atom stereocenters. The van der Waals surface area contributed by atoms with Crippen molar-refractivity contribution in [3.8, 4) is 16.9 Å². The number of pyridine rings is 1. The Hall–Kier alpha value is -6.07. The second-order valence-corrected chi connectivity index (χ2v) is 13.7. The Bertz CT molecular complexity index is 2140. The second-order valence-electron chi connectivity index (χ2n) is 13.7. The zero-order valence-corrected chi connectivity index (χ0v) is 31.1. The van der Waals surface area contributed by atoms with E-state index in [9.17, 15) is 24.3 Å². The van der Waals surface area contributed by atoms with Crippen molar-refractivity contribution < 1.29 is 38.5 Å². The zero-order chi connectivity index (χ0) is 38.9. The van der Waals surface area contributed by atoms with E-state index in [0.717, 1.165) is 16.5 Å². The van der Waals surface area contributed by atoms with Gasteiger partial charge in [0.1, 0.15) is 17.5 Å². The first-order chi connectivity index (χ1) is 26.7. The van der Waals surface area contributed by atoms with E-state index < -0.39 is 36.0 Å². The molecule has 0 saturated heterocycles. The maximum atomic E-state index is 14.8. The second kappa shape index (κ2) is 17.8. The van der Waals surface area contributed by atoms with E-state index in [-0.39, 0.29) is 55.7 Å². The van der Waals surface area contributed by atoms with Gasteiger partial charge in [0.05, 0.1) is 48.5 Å². The number of para-hydroxylation sites is 1. The normalized spacial score (nSPS) is 16.3. The molecular formula is C44H45N3O8. The predicted molar refractivity (Wildman–Crippen MR) is 209 cm³/mol. The number of aliphatic hydroxyl groups is 1. The lowest BCUT2D eigenvalue weighted by molar-refractivity contribution is -0.144. The molecule has 6 rings (SSSR count). The fourth-order valence-corrected chi connectivity index (χ4v) is 6.77. The summed E-state index contributed by atoms with van der Waals surface area (Å²) < 4.78 is 17.7. The molecule has 0 unspecified atom stereocenters. The van der Waals surface area contributed by atoms with Gasteiger partial charge in [-0.3, -0.25) is 19.3 Å². The van der Waals surface area contributed by atoms with E-state index in [2.05, 4.69) is 10.3 Å². The third kappa shape index (κ3) is 9.18. The summed E-state index contributed by atoms with van der Waals surface area (Å²) >= 11 is 0. The molecule has 0 bridgehead atoms. The van der Waals surface area contributed by atoms with Crippen molar-refractivity contribution in [1.82, 2.24) is 10.3 Å². The number of carbonyl (C=O) groups excluding carboxylic acids is 4. The molecule has 2 heterocycles. The van der Waals surface area contributed by atoms with Crippen LogP contribution in [0.15, 0.2) is 109 Å². The number of amides is 2. The van der Waals surface area contributed by atoms with Crippen molar-refractivity contribution in [2.45, 2.75) is 58.2 Å². The van der Waals surface area contributed by atoms with Crippen LogP contribution in [0.5, 0.6) is 5.75 Å². The molecule has 55 heavy (non-hydrogen) atoms. The Morgan fingerprint density at radius 1 is 0.873 bits per heavy atom. The monoisotopic (exact) mass is 743 g/mol. The van der Waals surface area contributed by atoms with Gasteiger partial charge < -0.3 is 24.6 Å². The largest absolute Gasteiger partial charge is 0.493 e. The van der Waals surface area contributed by atoms with Crippen molar-refractivity contribution in [3.05, 3.63) is 126 Å². The van der Waals surface area contributed by atoms with Crippen molar-refractivity contribution in [3.63, 3.8) is 0 Å². The lowest BCUT2D eigenvalue weighted by Crippen LogP contribution is -2.58. The number of anilines is 1. The highest BCUT2D eigenvalue weighted by Crippen LogP contribution is 2.43. The molecule has 0 aliphatic carbocycles. The standard InChI is InChI=1S/C44H45N3O8/c1-4-53-40(50)27-38-42(55-44(52)32-17-15-30(16-18-32)29-11-6-5-7-12-29)41(46-39(49)25-28(2)3)34-26-33(54-24-10-23-48)20-22-37(34)47(38)43(51)36-21-19-31-13-8-9-14-35(31)45-36/h5-9,11-22,26,28,38,41-42,48H,4,10,23-25,27H2,1-3H3,(H,46,49)/t38-,41-,42-/m0/s1. The minimum absolute atomic E-state index is 0.00715. The van der Waals surface area contributed by atoms with Gasteiger partial charge in [0.2, 0.25) is 5.91 Å². The number of carbonyl (C=O) groups is 4. The lowest BCUT2D eigenvalue weighted by atomic mass is 9.85. The minimum Gasteiger partial charge on any atom is -0.493 e. The number of hydrogen-bond donors (Lipinski definition) is 2. The van der Waals surface area contributed by atoms with E-state index in [1.54, 1.807) is 55.5 Å². The summed E-state index contributed by atoms with van der Waals surface area (Å²) in [5.74, 6) is -1.77. The molecule has 1 aromatic heterocycles. The molecule has 2 N–H and O–H groups in total. The van der Waals surface area contributed by atoms with Crippen molar-refractivity contribution in [2.75, 3.05) is 24.7 Å². The topological polar surface area (TPSA) is 144 Å². The van der Waals surface area contributed by atoms with Crippen LogP contribution in [0.25, 0.3) is 22.0 Å². The highest BCUT2D eigenvalue weighted by molar-refractivity contribution is 6.08. The first kappa shape index (κ1) is 38.6. The molecule has 11 heteroatoms. The van der Waals surface area contributed by atoms with Crippen LogP contribution in [0.4, 0.5) is 5.69 Å². The molecule has 1 aliphatic rings. The zero-order valence-electron chi connectivity index (χ0n) is 31.1. The highest BCUT2D eigenvalue weighted by Gasteiger charge is 2.48. The Labute approximate surface area is 320 Å². The summed E-state index contributed by atoms with van der Waals surface area (Å²) in [7, 11) is 0. The maximum Gasteiger partial charge on any atom is 0.338 e. The molecule has 0 spiro atoms. The molecule has 5 aromatic rings. The average Bonchev–Trinajstić information content (AvgIpc) is 3.19. The van der Waals surface area contributed by atoms with Gasteiger partial charge >= 0.3 is 11.9 Å². The summed E-state index contributed by atoms with van der Waals surface area (Å²) in [6.45, 7) is 5.74. The molecule has 11 nitrogen and oxygen atoms in total. The molecular weight excluding hydrogens is 698 g/mol. The van der Waals surface area contributed by atoms with E-state index in [0.29, 0.717) is 28.9 Å². The number of aromatic nitrogens is 1. The van der Waals surface area contributed by atoms with Crippen LogP contribution in [-0.2, 0) is 19.1 Å². The van der Waals surface area contributed by atoms with Crippen LogP contribution >= 0.6 is 0 Å². The number of nitrogens with one attached hydrogen (secondary N) is 1. The van der Waals surface area contributed by atoms with E-state index >= 15 is 0 Å². The van der Waals surface area contributed by atoms with Gasteiger partial charge in [0.15, 0.2) is 0 Å². The summed E-state index contributed by atoms with van der Waals surface area (Å²) in [6, 6.07) is 30.4. The molecule has 0 fully saturated rings. The van der Waals surface area contributed by atoms with Gasteiger partial charge in [-0.25, -0.2) is 9.78 Å². The fraction of sp³-hybridized carbons (Fsp3) is 0.295. The summed E-state index contributed by atoms with van der Waals surface area (Å²) in [6.07, 6.45) is -1.07. The van der Waals surface area contributed by atoms with E-state index in [1.165, 1.54) is 4.90 Å². The number of benzene rings is 4. The fourth-order valence-electron chi connectivity index (χ4n) is 6.77. The summed E-state index contributed by atoms with van der Waals surface area (Å²) in [4.78, 5) is 62.1. The Kier molecular flexibility index (Phi) is 12.5. The Morgan fingerprint density at radius 3 is 2.33 bits per heavy atom. The lowest BCUT2D eigenvalue weighted by Gasteiger charge is -2.45. The van der Waals surface area contributed by atoms with Gasteiger partial charge in [-0.15, -0.1) is 0 Å². The van der Waals surface area contributed by atoms with E-state index in [4.69, 9.17) is 14.2 Å². The quantitative estimate of drug-likeness (QED) is 0.0901. The van der Waals surface area contributed by atoms with Crippen molar-refractivity contribution in [1.29, 1.82) is 0 Å². The molecule has 1 aliphatic heterocycles. The molecule has 2 amide bonds. The first-order valence-corrected chi connectivity index (χ1v) is 18.5. The van der Waals surface area contributed by atoms with Crippen molar-refractivity contribution in [2.24, 2.45) is 5.92 Å². The third-order valence-corrected chi connectivity index (χ3v) is 9.30. The number of esters is 2. The van der Waals surface area contributed by atoms with Gasteiger partial charge in [-0.2, -0.15) is 0 Å². The SMILES string of the molecule is CCOC(=O)C[C@H]1[C@H](OC(=O)c2ccc(-c3ccccc3)cc2)[C@@H](NC(=O)CC(C)C)c2cc(OCCCO)ccc2N1C(=O)c1ccc2ccccc2n1. The van der Waals surface area contributed by atoms with Gasteiger partial charge in [0.25, 0.3) is 5.91 Å². The van der Waals surface area contributed by atoms with Gasteiger partial charge in [-0.05, 0) is 66.4 Å². The number of ether oxygens (including phenoxy) is 3. The number of hydrogen-bond acceptors (Lipinski definition) is 9. The predicted octanol–water partition coefficient (Wildman–Crippen LogP) is 7.07. The minimum atomic E-state index is -1.27. The number of fused-ring (bicyclic) bond motifs is 2. The molecule has 0 radical (unpaired) electrons. The molecule has 284 valence electrons. The maximum absolute atomic E-state index is 14.8. The number of aliphatic hydroxyl groups excluding tert-OH is 1. The van der Waals surface area contributed by atoms with Crippen LogP contribution in [0.1, 0.15) is 72.5 Å². The van der Waals surface area contributed by atoms with Crippen LogP contribution in [0.2, 0.25) is 0 Å². The highest BCUT2D eigenvalue weighted by atomic mass is 16.5. The first-order valence-electron chi connectivity index (χ1n) is 18.5. The van der Waals surface area contributed by atoms with Crippen LogP contribution in [-0.4, -0.2) is 65.8 Å². The Morgan fingerprint density at radius 2 is 1.60 bits per heavy atom. The van der Waals surface area contributed by atoms with E-state index in [1.807, 2.05) is 74.5 Å². The third-order valence-electron chi connectivity index (χ3n) is 9.30. The number of nitrogens with zero attached hydrogens (tertiary/aromatic N) is 2. The smallest absolute Gasteiger partial charge is 0.338 e. The Balaban J connectivity index is 1.49. The summed E-state index contributed by atoms with van der Waals surface area (Å²) in [5.41, 5.74) is 3.62. The van der Waals surface area contributed by atoms with Gasteiger partial charge in [0, 0.05) is 30.4 Å².